The molecule has 0 atom stereocenters. The maximum Gasteiger partial charge on any atom is 0.345 e. The molecule has 12 heteroatoms. The predicted molar refractivity (Wildman–Crippen MR) is 91.4 cm³/mol. The van der Waals surface area contributed by atoms with Crippen molar-refractivity contribution in [1.29, 1.82) is 0 Å². The van der Waals surface area contributed by atoms with Gasteiger partial charge in [-0.25, -0.2) is 13.2 Å². The minimum Gasteiger partial charge on any atom is -0.452 e. The van der Waals surface area contributed by atoms with Gasteiger partial charge in [0.05, 0.1) is 11.2 Å². The number of rotatable bonds is 5. The van der Waals surface area contributed by atoms with Gasteiger partial charge >= 0.3 is 5.97 Å². The van der Waals surface area contributed by atoms with E-state index in [0.717, 1.165) is 18.4 Å². The number of hydrogen-bond donors (Lipinski definition) is 0. The standard InChI is InChI=1S/C14H16ClN3O7S/c1-26(23,24)17-6-4-16(5-7-17)13(19)9-25-14(20)11-3-2-10(15)8-12(11)18(21)22/h2-3,8H,4-7,9H2,1H3. The molecule has 1 aromatic carbocycles. The zero-order chi connectivity index (χ0) is 19.5. The van der Waals surface area contributed by atoms with Crippen molar-refractivity contribution in [3.63, 3.8) is 0 Å². The maximum absolute atomic E-state index is 12.1. The summed E-state index contributed by atoms with van der Waals surface area (Å²) in [7, 11) is -3.32. The number of benzene rings is 1. The molecule has 0 bridgehead atoms. The molecule has 1 saturated heterocycles. The first-order valence-electron chi connectivity index (χ1n) is 7.43. The smallest absolute Gasteiger partial charge is 0.345 e. The number of sulfonamides is 1. The highest BCUT2D eigenvalue weighted by molar-refractivity contribution is 7.88. The SMILES string of the molecule is CS(=O)(=O)N1CCN(C(=O)COC(=O)c2ccc(Cl)cc2[N+](=O)[O-])CC1. The summed E-state index contributed by atoms with van der Waals surface area (Å²) in [5, 5.41) is 11.1. The Labute approximate surface area is 154 Å². The van der Waals surface area contributed by atoms with Gasteiger partial charge in [0.1, 0.15) is 5.56 Å². The Morgan fingerprint density at radius 1 is 1.27 bits per heavy atom. The third kappa shape index (κ3) is 4.90. The van der Waals surface area contributed by atoms with E-state index in [2.05, 4.69) is 0 Å². The summed E-state index contributed by atoms with van der Waals surface area (Å²) in [6.45, 7) is 0.0505. The number of amides is 1. The Bertz CT molecular complexity index is 835. The van der Waals surface area contributed by atoms with E-state index in [1.54, 1.807) is 0 Å². The molecule has 26 heavy (non-hydrogen) atoms. The van der Waals surface area contributed by atoms with Gasteiger partial charge in [0.25, 0.3) is 11.6 Å². The summed E-state index contributed by atoms with van der Waals surface area (Å²) in [5.74, 6) is -1.53. The zero-order valence-corrected chi connectivity index (χ0v) is 15.3. The molecule has 1 aromatic rings. The van der Waals surface area contributed by atoms with Gasteiger partial charge in [0.15, 0.2) is 6.61 Å². The van der Waals surface area contributed by atoms with E-state index in [1.807, 2.05) is 0 Å². The highest BCUT2D eigenvalue weighted by Crippen LogP contribution is 2.23. The van der Waals surface area contributed by atoms with E-state index in [-0.39, 0.29) is 36.8 Å². The number of nitrogens with zero attached hydrogens (tertiary/aromatic N) is 3. The van der Waals surface area contributed by atoms with E-state index in [9.17, 15) is 28.1 Å². The van der Waals surface area contributed by atoms with E-state index in [0.29, 0.717) is 0 Å². The van der Waals surface area contributed by atoms with Crippen LogP contribution in [0.5, 0.6) is 0 Å². The molecule has 10 nitrogen and oxygen atoms in total. The second-order valence-corrected chi connectivity index (χ2v) is 7.96. The van der Waals surface area contributed by atoms with Gasteiger partial charge in [-0.15, -0.1) is 0 Å². The topological polar surface area (TPSA) is 127 Å². The molecule has 0 N–H and O–H groups in total. The van der Waals surface area contributed by atoms with Gasteiger partial charge in [-0.05, 0) is 12.1 Å². The fourth-order valence-corrected chi connectivity index (χ4v) is 3.39. The Balaban J connectivity index is 1.94. The fourth-order valence-electron chi connectivity index (χ4n) is 2.39. The molecule has 0 aromatic heterocycles. The number of halogens is 1. The van der Waals surface area contributed by atoms with Gasteiger partial charge in [-0.3, -0.25) is 14.9 Å². The van der Waals surface area contributed by atoms with E-state index < -0.39 is 39.1 Å². The molecule has 1 heterocycles. The molecular weight excluding hydrogens is 390 g/mol. The quantitative estimate of drug-likeness (QED) is 0.396. The summed E-state index contributed by atoms with van der Waals surface area (Å²) < 4.78 is 29.0. The Morgan fingerprint density at radius 3 is 2.42 bits per heavy atom. The van der Waals surface area contributed by atoms with Crippen LogP contribution < -0.4 is 0 Å². The third-order valence-corrected chi connectivity index (χ3v) is 5.30. The van der Waals surface area contributed by atoms with Crippen LogP contribution in [-0.2, 0) is 19.6 Å². The highest BCUT2D eigenvalue weighted by atomic mass is 35.5. The number of piperazine rings is 1. The Kier molecular flexibility index (Phi) is 6.16. The number of ether oxygens (including phenoxy) is 1. The zero-order valence-electron chi connectivity index (χ0n) is 13.8. The number of carbonyl (C=O) groups excluding carboxylic acids is 2. The Hall–Kier alpha value is -2.24. The number of nitro groups is 1. The fraction of sp³-hybridized carbons (Fsp3) is 0.429. The van der Waals surface area contributed by atoms with Crippen molar-refractivity contribution in [3.05, 3.63) is 38.9 Å². The van der Waals surface area contributed by atoms with E-state index in [1.165, 1.54) is 15.3 Å². The van der Waals surface area contributed by atoms with Crippen LogP contribution in [0.4, 0.5) is 5.69 Å². The molecule has 0 radical (unpaired) electrons. The monoisotopic (exact) mass is 405 g/mol. The van der Waals surface area contributed by atoms with Crippen LogP contribution in [0, 0.1) is 10.1 Å². The summed E-state index contributed by atoms with van der Waals surface area (Å²) >= 11 is 5.67. The molecular formula is C14H16ClN3O7S. The van der Waals surface area contributed by atoms with Crippen molar-refractivity contribution in [2.24, 2.45) is 0 Å². The molecule has 0 spiro atoms. The molecule has 0 aliphatic carbocycles. The van der Waals surface area contributed by atoms with Crippen LogP contribution in [0.15, 0.2) is 18.2 Å². The summed E-state index contributed by atoms with van der Waals surface area (Å²) in [6.07, 6.45) is 1.09. The first kappa shape index (κ1) is 20.1. The van der Waals surface area contributed by atoms with Gasteiger partial charge in [0, 0.05) is 37.3 Å². The van der Waals surface area contributed by atoms with Crippen molar-refractivity contribution in [1.82, 2.24) is 9.21 Å². The minimum atomic E-state index is -3.32. The number of carbonyl (C=O) groups is 2. The molecule has 1 amide bonds. The van der Waals surface area contributed by atoms with Crippen molar-refractivity contribution in [2.45, 2.75) is 0 Å². The largest absolute Gasteiger partial charge is 0.452 e. The lowest BCUT2D eigenvalue weighted by atomic mass is 10.2. The minimum absolute atomic E-state index is 0.0908. The van der Waals surface area contributed by atoms with Gasteiger partial charge < -0.3 is 9.64 Å². The first-order chi connectivity index (χ1) is 12.1. The van der Waals surface area contributed by atoms with Crippen LogP contribution in [0.3, 0.4) is 0 Å². The summed E-state index contributed by atoms with van der Waals surface area (Å²) in [5.41, 5.74) is -0.828. The second kappa shape index (κ2) is 7.98. The number of nitro benzene ring substituents is 1. The van der Waals surface area contributed by atoms with Gasteiger partial charge in [-0.2, -0.15) is 4.31 Å². The molecule has 1 aliphatic heterocycles. The van der Waals surface area contributed by atoms with Crippen molar-refractivity contribution in [3.8, 4) is 0 Å². The molecule has 1 aliphatic rings. The number of hydrogen-bond acceptors (Lipinski definition) is 7. The first-order valence-corrected chi connectivity index (χ1v) is 9.66. The molecule has 0 unspecified atom stereocenters. The van der Waals surface area contributed by atoms with Crippen LogP contribution in [0.25, 0.3) is 0 Å². The Morgan fingerprint density at radius 2 is 1.88 bits per heavy atom. The molecule has 0 saturated carbocycles. The lowest BCUT2D eigenvalue weighted by Crippen LogP contribution is -2.51. The van der Waals surface area contributed by atoms with Crippen LogP contribution in [-0.4, -0.2) is 73.5 Å². The highest BCUT2D eigenvalue weighted by Gasteiger charge is 2.27. The molecule has 142 valence electrons. The third-order valence-electron chi connectivity index (χ3n) is 3.76. The van der Waals surface area contributed by atoms with Crippen molar-refractivity contribution in [2.75, 3.05) is 39.0 Å². The summed E-state index contributed by atoms with van der Waals surface area (Å²) in [4.78, 5) is 35.7. The van der Waals surface area contributed by atoms with Crippen LogP contribution in [0.2, 0.25) is 5.02 Å². The van der Waals surface area contributed by atoms with E-state index in [4.69, 9.17) is 16.3 Å². The molecule has 1 fully saturated rings. The maximum atomic E-state index is 12.1. The predicted octanol–water partition coefficient (Wildman–Crippen LogP) is 0.509. The van der Waals surface area contributed by atoms with E-state index >= 15 is 0 Å². The summed E-state index contributed by atoms with van der Waals surface area (Å²) in [6, 6.07) is 3.47. The molecule has 2 rings (SSSR count). The van der Waals surface area contributed by atoms with Crippen molar-refractivity contribution >= 4 is 39.2 Å². The average Bonchev–Trinajstić information content (AvgIpc) is 2.58. The number of esters is 1. The van der Waals surface area contributed by atoms with Crippen LogP contribution >= 0.6 is 11.6 Å². The second-order valence-electron chi connectivity index (χ2n) is 5.54. The lowest BCUT2D eigenvalue weighted by molar-refractivity contribution is -0.385. The average molecular weight is 406 g/mol. The van der Waals surface area contributed by atoms with Crippen LogP contribution in [0.1, 0.15) is 10.4 Å². The van der Waals surface area contributed by atoms with Gasteiger partial charge in [0.2, 0.25) is 10.0 Å². The van der Waals surface area contributed by atoms with Crippen molar-refractivity contribution < 1.29 is 27.7 Å². The van der Waals surface area contributed by atoms with Gasteiger partial charge in [-0.1, -0.05) is 11.6 Å². The normalized spacial score (nSPS) is 15.5. The lowest BCUT2D eigenvalue weighted by Gasteiger charge is -2.33.